The maximum absolute atomic E-state index is 12.2. The lowest BCUT2D eigenvalue weighted by Crippen LogP contribution is -2.43. The first-order valence-electron chi connectivity index (χ1n) is 9.24. The van der Waals surface area contributed by atoms with Crippen LogP contribution in [0.25, 0.3) is 0 Å². The highest BCUT2D eigenvalue weighted by atomic mass is 16.5. The lowest BCUT2D eigenvalue weighted by Gasteiger charge is -2.10. The average molecular weight is 386 g/mol. The highest BCUT2D eigenvalue weighted by Gasteiger charge is 2.09. The number of nitrogens with one attached hydrogen (secondary N) is 2. The van der Waals surface area contributed by atoms with E-state index in [0.717, 1.165) is 6.42 Å². The Hall–Kier alpha value is -3.06. The Morgan fingerprint density at radius 1 is 0.893 bits per heavy atom. The Balaban J connectivity index is 1.75. The molecule has 2 amide bonds. The molecule has 0 aliphatic carbocycles. The summed E-state index contributed by atoms with van der Waals surface area (Å²) in [6.07, 6.45) is 0.936. The summed E-state index contributed by atoms with van der Waals surface area (Å²) in [7, 11) is 0. The van der Waals surface area contributed by atoms with Crippen molar-refractivity contribution >= 4 is 11.8 Å². The summed E-state index contributed by atoms with van der Waals surface area (Å²) in [4.78, 5) is 24.0. The molecule has 150 valence electrons. The molecule has 0 heterocycles. The van der Waals surface area contributed by atoms with Crippen molar-refractivity contribution in [1.82, 2.24) is 10.9 Å². The number of hydrazine groups is 1. The third kappa shape index (κ3) is 7.28. The summed E-state index contributed by atoms with van der Waals surface area (Å²) in [5.41, 5.74) is 6.24. The molecule has 7 heteroatoms. The van der Waals surface area contributed by atoms with E-state index in [4.69, 9.17) is 14.2 Å². The Labute approximate surface area is 165 Å². The van der Waals surface area contributed by atoms with Crippen LogP contribution < -0.4 is 20.3 Å². The normalized spacial score (nSPS) is 10.2. The minimum atomic E-state index is -0.461. The molecule has 0 aliphatic rings. The monoisotopic (exact) mass is 386 g/mol. The summed E-state index contributed by atoms with van der Waals surface area (Å²) < 4.78 is 16.1. The van der Waals surface area contributed by atoms with E-state index in [1.807, 2.05) is 31.2 Å². The van der Waals surface area contributed by atoms with Crippen molar-refractivity contribution in [3.8, 4) is 11.5 Å². The fourth-order valence-corrected chi connectivity index (χ4v) is 2.29. The van der Waals surface area contributed by atoms with Gasteiger partial charge in [0, 0.05) is 12.2 Å². The van der Waals surface area contributed by atoms with Crippen LogP contribution >= 0.6 is 0 Å². The van der Waals surface area contributed by atoms with E-state index in [2.05, 4.69) is 17.8 Å². The summed E-state index contributed by atoms with van der Waals surface area (Å²) in [5.74, 6) is 0.237. The van der Waals surface area contributed by atoms with Gasteiger partial charge in [0.05, 0.1) is 6.61 Å². The van der Waals surface area contributed by atoms with E-state index in [0.29, 0.717) is 36.9 Å². The van der Waals surface area contributed by atoms with Crippen LogP contribution in [0.1, 0.15) is 29.8 Å². The highest BCUT2D eigenvalue weighted by molar-refractivity contribution is 5.95. The highest BCUT2D eigenvalue weighted by Crippen LogP contribution is 2.13. The lowest BCUT2D eigenvalue weighted by molar-refractivity contribution is -0.123. The standard InChI is InChI=1S/C21H26N2O5/c1-3-16-8-10-18(11-9-16)28-15-20(24)22-23-21(25)17-6-5-7-19(14-17)27-13-12-26-4-2/h5-11,14H,3-4,12-13,15H2,1-2H3,(H,22,24)(H,23,25). The van der Waals surface area contributed by atoms with Gasteiger partial charge in [-0.1, -0.05) is 25.1 Å². The van der Waals surface area contributed by atoms with Gasteiger partial charge in [-0.25, -0.2) is 0 Å². The Morgan fingerprint density at radius 3 is 2.39 bits per heavy atom. The second-order valence-electron chi connectivity index (χ2n) is 5.86. The molecule has 28 heavy (non-hydrogen) atoms. The molecule has 2 N–H and O–H groups in total. The molecule has 0 fully saturated rings. The van der Waals surface area contributed by atoms with Crippen molar-refractivity contribution in [3.63, 3.8) is 0 Å². The van der Waals surface area contributed by atoms with E-state index in [9.17, 15) is 9.59 Å². The first-order valence-corrected chi connectivity index (χ1v) is 9.24. The van der Waals surface area contributed by atoms with E-state index in [1.165, 1.54) is 5.56 Å². The van der Waals surface area contributed by atoms with Gasteiger partial charge in [-0.15, -0.1) is 0 Å². The molecule has 7 nitrogen and oxygen atoms in total. The van der Waals surface area contributed by atoms with Crippen molar-refractivity contribution < 1.29 is 23.8 Å². The van der Waals surface area contributed by atoms with Gasteiger partial charge in [0.2, 0.25) is 0 Å². The number of aryl methyl sites for hydroxylation is 1. The fraction of sp³-hybridized carbons (Fsp3) is 0.333. The second kappa shape index (κ2) is 11.6. The van der Waals surface area contributed by atoms with Gasteiger partial charge >= 0.3 is 0 Å². The molecule has 2 aromatic rings. The topological polar surface area (TPSA) is 85.9 Å². The van der Waals surface area contributed by atoms with Gasteiger partial charge in [0.15, 0.2) is 6.61 Å². The molecule has 0 saturated carbocycles. The third-order valence-electron chi connectivity index (χ3n) is 3.81. The molecule has 0 radical (unpaired) electrons. The zero-order chi connectivity index (χ0) is 20.2. The van der Waals surface area contributed by atoms with E-state index >= 15 is 0 Å². The summed E-state index contributed by atoms with van der Waals surface area (Å²) in [6.45, 7) is 5.27. The van der Waals surface area contributed by atoms with Crippen LogP contribution in [0.15, 0.2) is 48.5 Å². The minimum Gasteiger partial charge on any atom is -0.491 e. The molecule has 2 rings (SSSR count). The van der Waals surface area contributed by atoms with Gasteiger partial charge in [-0.2, -0.15) is 0 Å². The van der Waals surface area contributed by atoms with Crippen molar-refractivity contribution in [3.05, 3.63) is 59.7 Å². The zero-order valence-corrected chi connectivity index (χ0v) is 16.2. The van der Waals surface area contributed by atoms with E-state index in [1.54, 1.807) is 24.3 Å². The van der Waals surface area contributed by atoms with Gasteiger partial charge in [0.1, 0.15) is 18.1 Å². The van der Waals surface area contributed by atoms with Crippen LogP contribution in [0.3, 0.4) is 0 Å². The SMILES string of the molecule is CCOCCOc1cccc(C(=O)NNC(=O)COc2ccc(CC)cc2)c1. The predicted octanol–water partition coefficient (Wildman–Crippen LogP) is 2.50. The Kier molecular flexibility index (Phi) is 8.81. The van der Waals surface area contributed by atoms with Crippen molar-refractivity contribution in [2.24, 2.45) is 0 Å². The van der Waals surface area contributed by atoms with Crippen molar-refractivity contribution in [1.29, 1.82) is 0 Å². The van der Waals surface area contributed by atoms with Crippen LogP contribution in [0.4, 0.5) is 0 Å². The van der Waals surface area contributed by atoms with E-state index < -0.39 is 11.8 Å². The van der Waals surface area contributed by atoms with Crippen LogP contribution in [0, 0.1) is 0 Å². The van der Waals surface area contributed by atoms with Crippen LogP contribution in [0.2, 0.25) is 0 Å². The third-order valence-corrected chi connectivity index (χ3v) is 3.81. The first-order chi connectivity index (χ1) is 13.6. The second-order valence-corrected chi connectivity index (χ2v) is 5.86. The van der Waals surface area contributed by atoms with Gasteiger partial charge in [-0.3, -0.25) is 20.4 Å². The molecule has 0 saturated heterocycles. The number of benzene rings is 2. The number of amides is 2. The average Bonchev–Trinajstić information content (AvgIpc) is 2.74. The number of hydrogen-bond donors (Lipinski definition) is 2. The smallest absolute Gasteiger partial charge is 0.276 e. The molecule has 0 bridgehead atoms. The molecular weight excluding hydrogens is 360 g/mol. The minimum absolute atomic E-state index is 0.202. The maximum Gasteiger partial charge on any atom is 0.276 e. The molecular formula is C21H26N2O5. The van der Waals surface area contributed by atoms with Gasteiger partial charge < -0.3 is 14.2 Å². The predicted molar refractivity (Wildman–Crippen MR) is 105 cm³/mol. The number of carbonyl (C=O) groups excluding carboxylic acids is 2. The fourth-order valence-electron chi connectivity index (χ4n) is 2.29. The largest absolute Gasteiger partial charge is 0.491 e. The van der Waals surface area contributed by atoms with Crippen molar-refractivity contribution in [2.45, 2.75) is 20.3 Å². The molecule has 0 aromatic heterocycles. The number of carbonyl (C=O) groups is 2. The van der Waals surface area contributed by atoms with Crippen molar-refractivity contribution in [2.75, 3.05) is 26.4 Å². The molecule has 0 spiro atoms. The summed E-state index contributed by atoms with van der Waals surface area (Å²) in [5, 5.41) is 0. The van der Waals surface area contributed by atoms with Gasteiger partial charge in [-0.05, 0) is 49.2 Å². The van der Waals surface area contributed by atoms with Crippen LogP contribution in [-0.2, 0) is 16.0 Å². The molecule has 0 atom stereocenters. The van der Waals surface area contributed by atoms with Crippen LogP contribution in [0.5, 0.6) is 11.5 Å². The summed E-state index contributed by atoms with van der Waals surface area (Å²) >= 11 is 0. The molecule has 0 unspecified atom stereocenters. The Morgan fingerprint density at radius 2 is 1.68 bits per heavy atom. The number of ether oxygens (including phenoxy) is 3. The quantitative estimate of drug-likeness (QED) is 0.484. The van der Waals surface area contributed by atoms with Gasteiger partial charge in [0.25, 0.3) is 11.8 Å². The van der Waals surface area contributed by atoms with Crippen LogP contribution in [-0.4, -0.2) is 38.2 Å². The number of hydrogen-bond acceptors (Lipinski definition) is 5. The first kappa shape index (κ1) is 21.2. The number of rotatable bonds is 10. The zero-order valence-electron chi connectivity index (χ0n) is 16.2. The Bertz CT molecular complexity index is 762. The lowest BCUT2D eigenvalue weighted by atomic mass is 10.2. The molecule has 0 aliphatic heterocycles. The van der Waals surface area contributed by atoms with E-state index in [-0.39, 0.29) is 6.61 Å². The molecule has 2 aromatic carbocycles. The maximum atomic E-state index is 12.2. The summed E-state index contributed by atoms with van der Waals surface area (Å²) in [6, 6.07) is 14.2.